The summed E-state index contributed by atoms with van der Waals surface area (Å²) in [6, 6.07) is 13.3. The van der Waals surface area contributed by atoms with Gasteiger partial charge in [-0.2, -0.15) is 18.3 Å². The van der Waals surface area contributed by atoms with Gasteiger partial charge in [0, 0.05) is 6.42 Å². The van der Waals surface area contributed by atoms with E-state index in [-0.39, 0.29) is 6.42 Å². The number of halogens is 3. The molecule has 158 valence electrons. The van der Waals surface area contributed by atoms with Crippen molar-refractivity contribution in [2.24, 2.45) is 5.10 Å². The van der Waals surface area contributed by atoms with E-state index in [1.54, 1.807) is 51.1 Å². The number of imide groups is 1. The lowest BCUT2D eigenvalue weighted by Gasteiger charge is -2.30. The van der Waals surface area contributed by atoms with Crippen LogP contribution in [-0.4, -0.2) is 28.3 Å². The Morgan fingerprint density at radius 2 is 1.63 bits per heavy atom. The Kier molecular flexibility index (Phi) is 5.70. The van der Waals surface area contributed by atoms with Crippen molar-refractivity contribution in [3.05, 3.63) is 71.3 Å². The summed E-state index contributed by atoms with van der Waals surface area (Å²) < 4.78 is 43.9. The molecule has 0 saturated heterocycles. The zero-order valence-corrected chi connectivity index (χ0v) is 16.7. The van der Waals surface area contributed by atoms with Crippen molar-refractivity contribution in [1.29, 1.82) is 0 Å². The minimum atomic E-state index is -4.46. The first-order chi connectivity index (χ1) is 14.0. The number of nitrogens with zero attached hydrogens (tertiary/aromatic N) is 2. The second-order valence-corrected chi connectivity index (χ2v) is 7.92. The van der Waals surface area contributed by atoms with Gasteiger partial charge in [0.1, 0.15) is 5.60 Å². The first-order valence-corrected chi connectivity index (χ1v) is 9.33. The number of carbonyl (C=O) groups is 2. The van der Waals surface area contributed by atoms with Crippen LogP contribution in [0, 0.1) is 0 Å². The molecule has 0 spiro atoms. The number of hydrogen-bond acceptors (Lipinski definition) is 4. The highest BCUT2D eigenvalue weighted by atomic mass is 19.4. The maximum atomic E-state index is 13.0. The first kappa shape index (κ1) is 21.5. The van der Waals surface area contributed by atoms with E-state index in [9.17, 15) is 22.8 Å². The SMILES string of the molecule is CC(C)(C)OC(=O)N1N=C(c2ccc(C(F)(F)F)cc2)CC(c2ccccc2)C1=O. The van der Waals surface area contributed by atoms with E-state index in [2.05, 4.69) is 5.10 Å². The molecular formula is C22H21F3N2O3. The molecule has 2 aromatic rings. The summed E-state index contributed by atoms with van der Waals surface area (Å²) in [6.07, 6.45) is -5.25. The molecule has 1 heterocycles. The van der Waals surface area contributed by atoms with Gasteiger partial charge >= 0.3 is 12.3 Å². The third kappa shape index (κ3) is 4.87. The molecule has 1 aliphatic heterocycles. The van der Waals surface area contributed by atoms with Gasteiger partial charge in [-0.25, -0.2) is 4.79 Å². The molecule has 1 atom stereocenters. The van der Waals surface area contributed by atoms with Crippen LogP contribution in [-0.2, 0) is 15.7 Å². The van der Waals surface area contributed by atoms with E-state index in [1.807, 2.05) is 0 Å². The van der Waals surface area contributed by atoms with Crippen molar-refractivity contribution in [1.82, 2.24) is 5.01 Å². The minimum absolute atomic E-state index is 0.146. The van der Waals surface area contributed by atoms with Gasteiger partial charge in [-0.15, -0.1) is 5.01 Å². The van der Waals surface area contributed by atoms with Crippen LogP contribution in [0.1, 0.15) is 49.8 Å². The highest BCUT2D eigenvalue weighted by Crippen LogP contribution is 2.32. The molecule has 0 aliphatic carbocycles. The number of carbonyl (C=O) groups excluding carboxylic acids is 2. The predicted molar refractivity (Wildman–Crippen MR) is 105 cm³/mol. The maximum Gasteiger partial charge on any atom is 0.438 e. The number of hydrazone groups is 1. The number of rotatable bonds is 2. The summed E-state index contributed by atoms with van der Waals surface area (Å²) >= 11 is 0. The molecule has 8 heteroatoms. The molecule has 1 unspecified atom stereocenters. The number of benzene rings is 2. The van der Waals surface area contributed by atoms with Crippen molar-refractivity contribution in [2.45, 2.75) is 44.9 Å². The zero-order valence-electron chi connectivity index (χ0n) is 16.7. The average Bonchev–Trinajstić information content (AvgIpc) is 2.67. The third-order valence-corrected chi connectivity index (χ3v) is 4.44. The molecule has 0 N–H and O–H groups in total. The average molecular weight is 418 g/mol. The van der Waals surface area contributed by atoms with E-state index in [4.69, 9.17) is 4.74 Å². The monoisotopic (exact) mass is 418 g/mol. The highest BCUT2D eigenvalue weighted by molar-refractivity contribution is 6.09. The van der Waals surface area contributed by atoms with E-state index in [0.29, 0.717) is 21.8 Å². The molecule has 0 bridgehead atoms. The summed E-state index contributed by atoms with van der Waals surface area (Å²) in [5.74, 6) is -1.26. The summed E-state index contributed by atoms with van der Waals surface area (Å²) in [6.45, 7) is 4.98. The van der Waals surface area contributed by atoms with Crippen LogP contribution in [0.3, 0.4) is 0 Å². The molecular weight excluding hydrogens is 397 g/mol. The number of ether oxygens (including phenoxy) is 1. The molecule has 1 aliphatic rings. The third-order valence-electron chi connectivity index (χ3n) is 4.44. The fourth-order valence-corrected chi connectivity index (χ4v) is 3.05. The standard InChI is InChI=1S/C22H21F3N2O3/c1-21(2,3)30-20(29)27-19(28)17(14-7-5-4-6-8-14)13-18(26-27)15-9-11-16(12-10-15)22(23,24)25/h4-12,17H,13H2,1-3H3. The lowest BCUT2D eigenvalue weighted by atomic mass is 9.89. The quantitative estimate of drug-likeness (QED) is 0.660. The molecule has 5 nitrogen and oxygen atoms in total. The van der Waals surface area contributed by atoms with Crippen LogP contribution in [0.25, 0.3) is 0 Å². The molecule has 3 rings (SSSR count). The Balaban J connectivity index is 2.00. The van der Waals surface area contributed by atoms with Gasteiger partial charge in [-0.05, 0) is 44.0 Å². The summed E-state index contributed by atoms with van der Waals surface area (Å²) in [5, 5.41) is 4.80. The molecule has 0 fully saturated rings. The van der Waals surface area contributed by atoms with Crippen molar-refractivity contribution in [3.8, 4) is 0 Å². The van der Waals surface area contributed by atoms with Crippen LogP contribution < -0.4 is 0 Å². The summed E-state index contributed by atoms with van der Waals surface area (Å²) in [5.41, 5.74) is -0.244. The normalized spacial score (nSPS) is 17.5. The summed E-state index contributed by atoms with van der Waals surface area (Å²) in [4.78, 5) is 25.6. The Labute approximate surface area is 172 Å². The zero-order chi connectivity index (χ0) is 22.1. The number of alkyl halides is 3. The second-order valence-electron chi connectivity index (χ2n) is 7.92. The van der Waals surface area contributed by atoms with Crippen LogP contribution in [0.5, 0.6) is 0 Å². The first-order valence-electron chi connectivity index (χ1n) is 9.33. The van der Waals surface area contributed by atoms with Crippen LogP contribution in [0.2, 0.25) is 0 Å². The van der Waals surface area contributed by atoms with Gasteiger partial charge in [-0.3, -0.25) is 4.79 Å². The van der Waals surface area contributed by atoms with Crippen molar-refractivity contribution in [2.75, 3.05) is 0 Å². The molecule has 0 radical (unpaired) electrons. The Bertz CT molecular complexity index is 962. The number of amides is 2. The van der Waals surface area contributed by atoms with Crippen molar-refractivity contribution >= 4 is 17.7 Å². The van der Waals surface area contributed by atoms with Crippen LogP contribution in [0.15, 0.2) is 59.7 Å². The van der Waals surface area contributed by atoms with Gasteiger partial charge in [0.05, 0.1) is 17.2 Å². The highest BCUT2D eigenvalue weighted by Gasteiger charge is 2.38. The van der Waals surface area contributed by atoms with Crippen LogP contribution >= 0.6 is 0 Å². The lowest BCUT2D eigenvalue weighted by molar-refractivity contribution is -0.137. The largest absolute Gasteiger partial charge is 0.442 e. The van der Waals surface area contributed by atoms with Gasteiger partial charge in [0.15, 0.2) is 0 Å². The van der Waals surface area contributed by atoms with Gasteiger partial charge in [0.2, 0.25) is 0 Å². The molecule has 2 amide bonds. The van der Waals surface area contributed by atoms with Gasteiger partial charge in [-0.1, -0.05) is 42.5 Å². The fourth-order valence-electron chi connectivity index (χ4n) is 3.05. The van der Waals surface area contributed by atoms with E-state index in [0.717, 1.165) is 12.1 Å². The predicted octanol–water partition coefficient (Wildman–Crippen LogP) is 5.36. The van der Waals surface area contributed by atoms with Crippen molar-refractivity contribution < 1.29 is 27.5 Å². The Morgan fingerprint density at radius 1 is 1.03 bits per heavy atom. The topological polar surface area (TPSA) is 59.0 Å². The summed E-state index contributed by atoms with van der Waals surface area (Å²) in [7, 11) is 0. The fraction of sp³-hybridized carbons (Fsp3) is 0.318. The maximum absolute atomic E-state index is 13.0. The molecule has 2 aromatic carbocycles. The van der Waals surface area contributed by atoms with Gasteiger partial charge in [0.25, 0.3) is 5.91 Å². The molecule has 0 saturated carbocycles. The van der Waals surface area contributed by atoms with Crippen LogP contribution in [0.4, 0.5) is 18.0 Å². The minimum Gasteiger partial charge on any atom is -0.442 e. The smallest absolute Gasteiger partial charge is 0.438 e. The van der Waals surface area contributed by atoms with Crippen molar-refractivity contribution in [3.63, 3.8) is 0 Å². The molecule has 30 heavy (non-hydrogen) atoms. The second kappa shape index (κ2) is 7.93. The van der Waals surface area contributed by atoms with Gasteiger partial charge < -0.3 is 4.74 Å². The lowest BCUT2D eigenvalue weighted by Crippen LogP contribution is -2.43. The molecule has 0 aromatic heterocycles. The Morgan fingerprint density at radius 3 is 2.17 bits per heavy atom. The van der Waals surface area contributed by atoms with E-state index >= 15 is 0 Å². The van der Waals surface area contributed by atoms with E-state index < -0.39 is 35.3 Å². The number of hydrogen-bond donors (Lipinski definition) is 0. The Hall–Kier alpha value is -3.16. The van der Waals surface area contributed by atoms with E-state index in [1.165, 1.54) is 12.1 Å².